The van der Waals surface area contributed by atoms with Gasteiger partial charge < -0.3 is 4.90 Å². The molecule has 0 fully saturated rings. The first kappa shape index (κ1) is 13.5. The quantitative estimate of drug-likeness (QED) is 0.634. The minimum absolute atomic E-state index is 0.0279. The predicted molar refractivity (Wildman–Crippen MR) is 60.5 cm³/mol. The number of Topliss-reactive ketones (excluding diaryl/α,β-unsaturated/α-hetero) is 1. The van der Waals surface area contributed by atoms with Gasteiger partial charge in [0.2, 0.25) is 5.91 Å². The van der Waals surface area contributed by atoms with E-state index in [9.17, 15) is 9.59 Å². The van der Waals surface area contributed by atoms with Crippen molar-refractivity contribution in [3.05, 3.63) is 0 Å². The van der Waals surface area contributed by atoms with Gasteiger partial charge in [0, 0.05) is 13.1 Å². The number of thioether (sulfide) groups is 1. The number of amides is 1. The number of nitrogens with zero attached hydrogens (tertiary/aromatic N) is 1. The average Bonchev–Trinajstić information content (AvgIpc) is 2.11. The molecular formula is C10H19NO2S. The fourth-order valence-corrected chi connectivity index (χ4v) is 1.64. The molecular weight excluding hydrogens is 198 g/mol. The largest absolute Gasteiger partial charge is 0.343 e. The normalized spacial score (nSPS) is 12.3. The summed E-state index contributed by atoms with van der Waals surface area (Å²) in [6.45, 7) is 3.45. The van der Waals surface area contributed by atoms with E-state index in [1.165, 1.54) is 6.92 Å². The van der Waals surface area contributed by atoms with E-state index in [0.717, 1.165) is 12.2 Å². The minimum atomic E-state index is -0.0777. The van der Waals surface area contributed by atoms with Crippen LogP contribution in [0.4, 0.5) is 0 Å². The molecule has 0 bridgehead atoms. The Labute approximate surface area is 90.2 Å². The van der Waals surface area contributed by atoms with E-state index in [1.807, 2.05) is 13.2 Å². The lowest BCUT2D eigenvalue weighted by Gasteiger charge is -2.24. The van der Waals surface area contributed by atoms with Crippen LogP contribution in [0.3, 0.4) is 0 Å². The van der Waals surface area contributed by atoms with Crippen LogP contribution < -0.4 is 0 Å². The molecule has 0 saturated carbocycles. The molecule has 0 aromatic rings. The molecule has 0 saturated heterocycles. The fraction of sp³-hybridized carbons (Fsp3) is 0.800. The van der Waals surface area contributed by atoms with Crippen LogP contribution in [0.2, 0.25) is 0 Å². The highest BCUT2D eigenvalue weighted by Crippen LogP contribution is 2.07. The molecule has 14 heavy (non-hydrogen) atoms. The molecule has 82 valence electrons. The summed E-state index contributed by atoms with van der Waals surface area (Å²) in [5.41, 5.74) is 0. The third kappa shape index (κ3) is 5.27. The lowest BCUT2D eigenvalue weighted by atomic mass is 10.2. The zero-order valence-electron chi connectivity index (χ0n) is 9.37. The van der Waals surface area contributed by atoms with Crippen molar-refractivity contribution in [3.63, 3.8) is 0 Å². The van der Waals surface area contributed by atoms with E-state index in [1.54, 1.807) is 23.7 Å². The summed E-state index contributed by atoms with van der Waals surface area (Å²) in [5.74, 6) is 0.892. The van der Waals surface area contributed by atoms with Crippen molar-refractivity contribution in [2.45, 2.75) is 32.7 Å². The van der Waals surface area contributed by atoms with Crippen LogP contribution in [0.25, 0.3) is 0 Å². The third-order valence-corrected chi connectivity index (χ3v) is 2.84. The van der Waals surface area contributed by atoms with Crippen molar-refractivity contribution in [2.24, 2.45) is 0 Å². The van der Waals surface area contributed by atoms with E-state index in [-0.39, 0.29) is 24.2 Å². The molecule has 0 aromatic carbocycles. The van der Waals surface area contributed by atoms with Gasteiger partial charge in [-0.05, 0) is 32.3 Å². The number of ketones is 1. The van der Waals surface area contributed by atoms with Crippen LogP contribution in [0, 0.1) is 0 Å². The van der Waals surface area contributed by atoms with Gasteiger partial charge in [-0.3, -0.25) is 9.59 Å². The monoisotopic (exact) mass is 217 g/mol. The summed E-state index contributed by atoms with van der Waals surface area (Å²) >= 11 is 1.77. The standard InChI is InChI=1S/C10H19NO2S/c1-8(5-6-14-4)11(3)10(13)7-9(2)12/h8H,5-7H2,1-4H3. The van der Waals surface area contributed by atoms with Crippen LogP contribution >= 0.6 is 11.8 Å². The Morgan fingerprint density at radius 2 is 2.00 bits per heavy atom. The number of hydrogen-bond donors (Lipinski definition) is 0. The number of rotatable bonds is 6. The number of hydrogen-bond acceptors (Lipinski definition) is 3. The Hall–Kier alpha value is -0.510. The minimum Gasteiger partial charge on any atom is -0.343 e. The highest BCUT2D eigenvalue weighted by molar-refractivity contribution is 7.98. The SMILES string of the molecule is CSCCC(C)N(C)C(=O)CC(C)=O. The smallest absolute Gasteiger partial charge is 0.229 e. The summed E-state index contributed by atoms with van der Waals surface area (Å²) < 4.78 is 0. The summed E-state index contributed by atoms with van der Waals surface area (Å²) in [7, 11) is 1.76. The summed E-state index contributed by atoms with van der Waals surface area (Å²) in [6.07, 6.45) is 3.05. The van der Waals surface area contributed by atoms with Gasteiger partial charge in [0.1, 0.15) is 5.78 Å². The molecule has 1 unspecified atom stereocenters. The topological polar surface area (TPSA) is 37.4 Å². The molecule has 4 heteroatoms. The summed E-state index contributed by atoms with van der Waals surface area (Å²) in [4.78, 5) is 23.9. The summed E-state index contributed by atoms with van der Waals surface area (Å²) in [5, 5.41) is 0. The van der Waals surface area contributed by atoms with Crippen LogP contribution in [0.15, 0.2) is 0 Å². The van der Waals surface area contributed by atoms with Crippen LogP contribution in [0.5, 0.6) is 0 Å². The highest BCUT2D eigenvalue weighted by Gasteiger charge is 2.16. The van der Waals surface area contributed by atoms with Gasteiger partial charge >= 0.3 is 0 Å². The maximum absolute atomic E-state index is 11.5. The van der Waals surface area contributed by atoms with Crippen molar-refractivity contribution >= 4 is 23.5 Å². The lowest BCUT2D eigenvalue weighted by molar-refractivity contribution is -0.135. The highest BCUT2D eigenvalue weighted by atomic mass is 32.2. The van der Waals surface area contributed by atoms with Gasteiger partial charge in [0.05, 0.1) is 6.42 Å². The molecule has 1 amide bonds. The Bertz CT molecular complexity index is 206. The van der Waals surface area contributed by atoms with Crippen molar-refractivity contribution in [2.75, 3.05) is 19.1 Å². The van der Waals surface area contributed by atoms with E-state index in [0.29, 0.717) is 0 Å². The lowest BCUT2D eigenvalue weighted by Crippen LogP contribution is -2.36. The molecule has 0 aliphatic heterocycles. The molecule has 3 nitrogen and oxygen atoms in total. The predicted octanol–water partition coefficient (Wildman–Crippen LogP) is 1.57. The van der Waals surface area contributed by atoms with Crippen molar-refractivity contribution in [3.8, 4) is 0 Å². The molecule has 0 heterocycles. The number of carbonyl (C=O) groups is 2. The van der Waals surface area contributed by atoms with Crippen molar-refractivity contribution < 1.29 is 9.59 Å². The molecule has 0 aliphatic rings. The van der Waals surface area contributed by atoms with Crippen LogP contribution in [-0.4, -0.2) is 41.7 Å². The van der Waals surface area contributed by atoms with E-state index in [4.69, 9.17) is 0 Å². The van der Waals surface area contributed by atoms with E-state index >= 15 is 0 Å². The molecule has 0 spiro atoms. The first-order valence-electron chi connectivity index (χ1n) is 4.73. The second-order valence-corrected chi connectivity index (χ2v) is 4.50. The molecule has 0 rings (SSSR count). The van der Waals surface area contributed by atoms with Crippen molar-refractivity contribution in [1.82, 2.24) is 4.90 Å². The maximum Gasteiger partial charge on any atom is 0.229 e. The third-order valence-electron chi connectivity index (χ3n) is 2.19. The zero-order chi connectivity index (χ0) is 11.1. The first-order chi connectivity index (χ1) is 6.49. The maximum atomic E-state index is 11.5. The second kappa shape index (κ2) is 6.87. The van der Waals surface area contributed by atoms with Gasteiger partial charge in [-0.15, -0.1) is 0 Å². The molecule has 0 aromatic heterocycles. The summed E-state index contributed by atoms with van der Waals surface area (Å²) in [6, 6.07) is 0.217. The zero-order valence-corrected chi connectivity index (χ0v) is 10.2. The van der Waals surface area contributed by atoms with Gasteiger partial charge in [-0.2, -0.15) is 11.8 Å². The first-order valence-corrected chi connectivity index (χ1v) is 6.12. The van der Waals surface area contributed by atoms with Gasteiger partial charge in [-0.1, -0.05) is 0 Å². The van der Waals surface area contributed by atoms with E-state index in [2.05, 4.69) is 0 Å². The fourth-order valence-electron chi connectivity index (χ4n) is 1.07. The van der Waals surface area contributed by atoms with Gasteiger partial charge in [-0.25, -0.2) is 0 Å². The van der Waals surface area contributed by atoms with Crippen molar-refractivity contribution in [1.29, 1.82) is 0 Å². The Balaban J connectivity index is 3.96. The Kier molecular flexibility index (Phi) is 6.62. The average molecular weight is 217 g/mol. The molecule has 1 atom stereocenters. The Morgan fingerprint density at radius 3 is 2.43 bits per heavy atom. The van der Waals surface area contributed by atoms with Crippen LogP contribution in [-0.2, 0) is 9.59 Å². The number of carbonyl (C=O) groups excluding carboxylic acids is 2. The van der Waals surface area contributed by atoms with Gasteiger partial charge in [0.15, 0.2) is 0 Å². The molecule has 0 radical (unpaired) electrons. The second-order valence-electron chi connectivity index (χ2n) is 3.51. The van der Waals surface area contributed by atoms with Crippen LogP contribution in [0.1, 0.15) is 26.7 Å². The molecule has 0 N–H and O–H groups in total. The van der Waals surface area contributed by atoms with Gasteiger partial charge in [0.25, 0.3) is 0 Å². The Morgan fingerprint density at radius 1 is 1.43 bits per heavy atom. The van der Waals surface area contributed by atoms with E-state index < -0.39 is 0 Å². The molecule has 0 aliphatic carbocycles.